The summed E-state index contributed by atoms with van der Waals surface area (Å²) in [4.78, 5) is 12.4. The van der Waals surface area contributed by atoms with Gasteiger partial charge in [-0.15, -0.1) is 0 Å². The van der Waals surface area contributed by atoms with Gasteiger partial charge in [0.05, 0.1) is 12.2 Å². The van der Waals surface area contributed by atoms with E-state index < -0.39 is 0 Å². The number of aromatic amines is 1. The Bertz CT molecular complexity index is 715. The molecule has 1 aromatic heterocycles. The molecule has 2 aliphatic carbocycles. The molecule has 0 unspecified atom stereocenters. The lowest BCUT2D eigenvalue weighted by atomic mass is 9.94. The Morgan fingerprint density at radius 2 is 2.04 bits per heavy atom. The maximum Gasteiger partial charge on any atom is 0.315 e. The number of ether oxygens (including phenoxy) is 1. The smallest absolute Gasteiger partial charge is 0.315 e. The predicted octanol–water partition coefficient (Wildman–Crippen LogP) is 2.57. The minimum absolute atomic E-state index is 0.0417. The number of carbonyl (C=O) groups excluding carboxylic acids is 1. The molecule has 2 aliphatic rings. The van der Waals surface area contributed by atoms with Crippen molar-refractivity contribution in [1.82, 2.24) is 20.8 Å². The third kappa shape index (κ3) is 3.78. The molecule has 3 atom stereocenters. The quantitative estimate of drug-likeness (QED) is 0.800. The van der Waals surface area contributed by atoms with Gasteiger partial charge in [0.15, 0.2) is 0 Å². The van der Waals surface area contributed by atoms with Crippen molar-refractivity contribution in [3.05, 3.63) is 47.8 Å². The lowest BCUT2D eigenvalue weighted by Crippen LogP contribution is -2.50. The summed E-state index contributed by atoms with van der Waals surface area (Å²) in [5.41, 5.74) is 2.41. The summed E-state index contributed by atoms with van der Waals surface area (Å²) in [6.07, 6.45) is 7.63. The summed E-state index contributed by atoms with van der Waals surface area (Å²) in [7, 11) is 0. The number of nitrogens with one attached hydrogen (secondary N) is 3. The van der Waals surface area contributed by atoms with E-state index >= 15 is 0 Å². The van der Waals surface area contributed by atoms with Gasteiger partial charge in [0.25, 0.3) is 0 Å². The van der Waals surface area contributed by atoms with Crippen molar-refractivity contribution in [2.24, 2.45) is 0 Å². The number of aryl methyl sites for hydroxylation is 1. The van der Waals surface area contributed by atoms with Crippen molar-refractivity contribution in [1.29, 1.82) is 0 Å². The fourth-order valence-corrected chi connectivity index (χ4v) is 3.84. The number of carbonyl (C=O) groups is 1. The number of hydrogen-bond acceptors (Lipinski definition) is 3. The lowest BCUT2D eigenvalue weighted by molar-refractivity contribution is 0.171. The average Bonchev–Trinajstić information content (AvgIpc) is 3.25. The van der Waals surface area contributed by atoms with E-state index in [1.54, 1.807) is 0 Å². The van der Waals surface area contributed by atoms with E-state index in [1.165, 1.54) is 11.3 Å². The number of urea groups is 1. The summed E-state index contributed by atoms with van der Waals surface area (Å²) in [6.45, 7) is 0. The molecule has 1 saturated carbocycles. The number of amides is 2. The number of H-pyrrole nitrogens is 1. The van der Waals surface area contributed by atoms with Crippen LogP contribution in [0.2, 0.25) is 0 Å². The van der Waals surface area contributed by atoms with Gasteiger partial charge < -0.3 is 15.4 Å². The van der Waals surface area contributed by atoms with E-state index in [0.29, 0.717) is 0 Å². The molecule has 132 valence electrons. The first-order valence-corrected chi connectivity index (χ1v) is 9.08. The number of aromatic nitrogens is 2. The molecule has 0 spiro atoms. The van der Waals surface area contributed by atoms with Crippen LogP contribution >= 0.6 is 0 Å². The van der Waals surface area contributed by atoms with Crippen LogP contribution in [0.25, 0.3) is 0 Å². The van der Waals surface area contributed by atoms with Gasteiger partial charge in [-0.05, 0) is 56.2 Å². The van der Waals surface area contributed by atoms with E-state index in [4.69, 9.17) is 4.74 Å². The molecule has 1 heterocycles. The Kier molecular flexibility index (Phi) is 4.59. The normalized spacial score (nSPS) is 25.2. The Balaban J connectivity index is 1.30. The highest BCUT2D eigenvalue weighted by Crippen LogP contribution is 2.25. The van der Waals surface area contributed by atoms with E-state index in [0.717, 1.165) is 44.3 Å². The third-order valence-electron chi connectivity index (χ3n) is 5.15. The highest BCUT2D eigenvalue weighted by Gasteiger charge is 2.31. The summed E-state index contributed by atoms with van der Waals surface area (Å²) >= 11 is 0. The molecule has 0 saturated heterocycles. The number of rotatable bonds is 4. The Morgan fingerprint density at radius 3 is 2.92 bits per heavy atom. The molecule has 0 radical (unpaired) electrons. The van der Waals surface area contributed by atoms with Crippen molar-refractivity contribution in [2.45, 2.75) is 56.7 Å². The molecule has 6 nitrogen and oxygen atoms in total. The first-order chi connectivity index (χ1) is 12.3. The fraction of sp³-hybridized carbons (Fsp3) is 0.474. The summed E-state index contributed by atoms with van der Waals surface area (Å²) in [5.74, 6) is 0.862. The highest BCUT2D eigenvalue weighted by molar-refractivity contribution is 5.74. The molecule has 3 N–H and O–H groups in total. The summed E-state index contributed by atoms with van der Waals surface area (Å²) < 4.78 is 6.06. The SMILES string of the molecule is O=C(N[C@@H]1CCc2[nH]ncc2C1)N[C@H]1CCC[C@@H]1Oc1ccccc1. The van der Waals surface area contributed by atoms with Gasteiger partial charge in [0, 0.05) is 11.7 Å². The molecule has 1 fully saturated rings. The van der Waals surface area contributed by atoms with Gasteiger partial charge in [0.1, 0.15) is 11.9 Å². The minimum Gasteiger partial charge on any atom is -0.488 e. The van der Waals surface area contributed by atoms with Crippen LogP contribution in [0.1, 0.15) is 36.9 Å². The number of para-hydroxylation sites is 1. The second-order valence-electron chi connectivity index (χ2n) is 6.94. The van der Waals surface area contributed by atoms with E-state index in [1.807, 2.05) is 36.5 Å². The van der Waals surface area contributed by atoms with Crippen molar-refractivity contribution in [3.8, 4) is 5.75 Å². The van der Waals surface area contributed by atoms with Gasteiger partial charge >= 0.3 is 6.03 Å². The standard InChI is InChI=1S/C19H24N4O2/c24-19(21-14-9-10-16-13(11-14)12-20-23-16)22-17-7-4-8-18(17)25-15-5-2-1-3-6-15/h1-3,5-6,12,14,17-18H,4,7-11H2,(H,20,23)(H2,21,22,24)/t14-,17+,18+/m1/s1. The van der Waals surface area contributed by atoms with Crippen LogP contribution in [-0.2, 0) is 12.8 Å². The van der Waals surface area contributed by atoms with Crippen LogP contribution in [-0.4, -0.2) is 34.4 Å². The number of hydrogen-bond donors (Lipinski definition) is 3. The van der Waals surface area contributed by atoms with Crippen LogP contribution in [0, 0.1) is 0 Å². The zero-order valence-corrected chi connectivity index (χ0v) is 14.2. The maximum absolute atomic E-state index is 12.4. The van der Waals surface area contributed by atoms with Gasteiger partial charge in [-0.1, -0.05) is 18.2 Å². The average molecular weight is 340 g/mol. The minimum atomic E-state index is -0.0921. The third-order valence-corrected chi connectivity index (χ3v) is 5.15. The van der Waals surface area contributed by atoms with E-state index in [2.05, 4.69) is 20.8 Å². The Labute approximate surface area is 147 Å². The fourth-order valence-electron chi connectivity index (χ4n) is 3.84. The highest BCUT2D eigenvalue weighted by atomic mass is 16.5. The van der Waals surface area contributed by atoms with E-state index in [9.17, 15) is 4.79 Å². The van der Waals surface area contributed by atoms with Crippen LogP contribution in [0.5, 0.6) is 5.75 Å². The number of benzene rings is 1. The predicted molar refractivity (Wildman–Crippen MR) is 94.6 cm³/mol. The van der Waals surface area contributed by atoms with Crippen molar-refractivity contribution >= 4 is 6.03 Å². The molecular formula is C19H24N4O2. The molecule has 0 bridgehead atoms. The zero-order valence-electron chi connectivity index (χ0n) is 14.2. The van der Waals surface area contributed by atoms with Crippen molar-refractivity contribution in [2.75, 3.05) is 0 Å². The van der Waals surface area contributed by atoms with Crippen LogP contribution in [0.15, 0.2) is 36.5 Å². The van der Waals surface area contributed by atoms with Crippen molar-refractivity contribution < 1.29 is 9.53 Å². The summed E-state index contributed by atoms with van der Waals surface area (Å²) in [6, 6.07) is 9.96. The van der Waals surface area contributed by atoms with Gasteiger partial charge in [-0.2, -0.15) is 5.10 Å². The molecule has 2 aromatic rings. The van der Waals surface area contributed by atoms with Gasteiger partial charge in [0.2, 0.25) is 0 Å². The van der Waals surface area contributed by atoms with Crippen LogP contribution in [0.3, 0.4) is 0 Å². The first-order valence-electron chi connectivity index (χ1n) is 9.08. The second-order valence-corrected chi connectivity index (χ2v) is 6.94. The van der Waals surface area contributed by atoms with Crippen LogP contribution < -0.4 is 15.4 Å². The first kappa shape index (κ1) is 16.0. The summed E-state index contributed by atoms with van der Waals surface area (Å²) in [5, 5.41) is 13.3. The number of nitrogens with zero attached hydrogens (tertiary/aromatic N) is 1. The molecule has 25 heavy (non-hydrogen) atoms. The monoisotopic (exact) mass is 340 g/mol. The molecule has 1 aromatic carbocycles. The maximum atomic E-state index is 12.4. The molecule has 6 heteroatoms. The Hall–Kier alpha value is -2.50. The topological polar surface area (TPSA) is 79.0 Å². The molecular weight excluding hydrogens is 316 g/mol. The molecule has 0 aliphatic heterocycles. The van der Waals surface area contributed by atoms with Gasteiger partial charge in [-0.3, -0.25) is 5.10 Å². The lowest BCUT2D eigenvalue weighted by Gasteiger charge is -2.26. The second kappa shape index (κ2) is 7.17. The molecule has 4 rings (SSSR count). The van der Waals surface area contributed by atoms with Gasteiger partial charge in [-0.25, -0.2) is 4.79 Å². The Morgan fingerprint density at radius 1 is 1.16 bits per heavy atom. The molecule has 2 amide bonds. The van der Waals surface area contributed by atoms with Crippen molar-refractivity contribution in [3.63, 3.8) is 0 Å². The van der Waals surface area contributed by atoms with Crippen LogP contribution in [0.4, 0.5) is 4.79 Å². The largest absolute Gasteiger partial charge is 0.488 e. The van der Waals surface area contributed by atoms with E-state index in [-0.39, 0.29) is 24.2 Å². The number of fused-ring (bicyclic) bond motifs is 1. The zero-order chi connectivity index (χ0) is 17.1.